The predicted molar refractivity (Wildman–Crippen MR) is 64.9 cm³/mol. The Morgan fingerprint density at radius 1 is 1.33 bits per heavy atom. The van der Waals surface area contributed by atoms with Crippen LogP contribution in [-0.2, 0) is 0 Å². The van der Waals surface area contributed by atoms with E-state index in [-0.39, 0.29) is 6.10 Å². The second-order valence-corrected chi connectivity index (χ2v) is 5.36. The van der Waals surface area contributed by atoms with Crippen LogP contribution in [-0.4, -0.2) is 36.2 Å². The van der Waals surface area contributed by atoms with Gasteiger partial charge >= 0.3 is 0 Å². The summed E-state index contributed by atoms with van der Waals surface area (Å²) in [6.07, 6.45) is 5.90. The Labute approximate surface area is 94.7 Å². The first-order valence-corrected chi connectivity index (χ1v) is 6.50. The fourth-order valence-electron chi connectivity index (χ4n) is 2.60. The number of aliphatic hydroxyl groups excluding tert-OH is 1. The SMILES string of the molecule is CCCCN(C)CC1CC(C)CCC1O. The van der Waals surface area contributed by atoms with E-state index < -0.39 is 0 Å². The Kier molecular flexibility index (Phi) is 5.62. The topological polar surface area (TPSA) is 23.5 Å². The Bertz CT molecular complexity index is 172. The molecule has 1 rings (SSSR count). The molecule has 0 spiro atoms. The summed E-state index contributed by atoms with van der Waals surface area (Å²) in [6.45, 7) is 6.79. The third-order valence-electron chi connectivity index (χ3n) is 3.64. The average molecular weight is 213 g/mol. The molecule has 0 heterocycles. The molecule has 0 aromatic heterocycles. The molecule has 0 radical (unpaired) electrons. The molecule has 2 heteroatoms. The van der Waals surface area contributed by atoms with E-state index in [9.17, 15) is 5.11 Å². The fourth-order valence-corrected chi connectivity index (χ4v) is 2.60. The molecule has 3 unspecified atom stereocenters. The van der Waals surface area contributed by atoms with Gasteiger partial charge in [-0.1, -0.05) is 20.3 Å². The lowest BCUT2D eigenvalue weighted by molar-refractivity contribution is 0.0348. The molecule has 0 amide bonds. The maximum Gasteiger partial charge on any atom is 0.0580 e. The van der Waals surface area contributed by atoms with Gasteiger partial charge in [0.2, 0.25) is 0 Å². The summed E-state index contributed by atoms with van der Waals surface area (Å²) in [5.41, 5.74) is 0. The van der Waals surface area contributed by atoms with Crippen LogP contribution in [0.2, 0.25) is 0 Å². The van der Waals surface area contributed by atoms with E-state index in [4.69, 9.17) is 0 Å². The molecule has 3 atom stereocenters. The molecule has 1 saturated carbocycles. The minimum atomic E-state index is -0.0507. The zero-order chi connectivity index (χ0) is 11.3. The van der Waals surface area contributed by atoms with E-state index in [0.29, 0.717) is 5.92 Å². The zero-order valence-corrected chi connectivity index (χ0v) is 10.6. The van der Waals surface area contributed by atoms with Crippen LogP contribution in [0.1, 0.15) is 46.0 Å². The first-order chi connectivity index (χ1) is 7.13. The lowest BCUT2D eigenvalue weighted by Gasteiger charge is -2.34. The van der Waals surface area contributed by atoms with E-state index in [1.807, 2.05) is 0 Å². The van der Waals surface area contributed by atoms with Crippen molar-refractivity contribution in [2.45, 2.75) is 52.1 Å². The predicted octanol–water partition coefficient (Wildman–Crippen LogP) is 2.52. The molecule has 1 aliphatic rings. The van der Waals surface area contributed by atoms with Crippen LogP contribution >= 0.6 is 0 Å². The first-order valence-electron chi connectivity index (χ1n) is 6.50. The number of aliphatic hydroxyl groups is 1. The average Bonchev–Trinajstić information content (AvgIpc) is 2.20. The van der Waals surface area contributed by atoms with Crippen molar-refractivity contribution < 1.29 is 5.11 Å². The largest absolute Gasteiger partial charge is 0.393 e. The molecule has 0 aromatic carbocycles. The van der Waals surface area contributed by atoms with Gasteiger partial charge < -0.3 is 10.0 Å². The Morgan fingerprint density at radius 2 is 2.07 bits per heavy atom. The van der Waals surface area contributed by atoms with Crippen molar-refractivity contribution in [3.05, 3.63) is 0 Å². The zero-order valence-electron chi connectivity index (χ0n) is 10.6. The van der Waals surface area contributed by atoms with E-state index in [2.05, 4.69) is 25.8 Å². The maximum atomic E-state index is 9.93. The highest BCUT2D eigenvalue weighted by Crippen LogP contribution is 2.29. The summed E-state index contributed by atoms with van der Waals surface area (Å²) >= 11 is 0. The Morgan fingerprint density at radius 3 is 2.73 bits per heavy atom. The molecule has 2 nitrogen and oxygen atoms in total. The smallest absolute Gasteiger partial charge is 0.0580 e. The van der Waals surface area contributed by atoms with Crippen LogP contribution in [0.25, 0.3) is 0 Å². The van der Waals surface area contributed by atoms with Crippen molar-refractivity contribution in [1.82, 2.24) is 4.90 Å². The highest BCUT2D eigenvalue weighted by Gasteiger charge is 2.27. The summed E-state index contributed by atoms with van der Waals surface area (Å²) in [4.78, 5) is 2.38. The van der Waals surface area contributed by atoms with Crippen LogP contribution in [0.4, 0.5) is 0 Å². The number of unbranched alkanes of at least 4 members (excludes halogenated alkanes) is 1. The van der Waals surface area contributed by atoms with E-state index in [1.54, 1.807) is 0 Å². The van der Waals surface area contributed by atoms with Gasteiger partial charge in [0.05, 0.1) is 6.10 Å². The number of rotatable bonds is 5. The van der Waals surface area contributed by atoms with Crippen LogP contribution in [0.3, 0.4) is 0 Å². The molecular formula is C13H27NO. The highest BCUT2D eigenvalue weighted by atomic mass is 16.3. The lowest BCUT2D eigenvalue weighted by Crippen LogP contribution is -2.37. The second-order valence-electron chi connectivity index (χ2n) is 5.36. The summed E-state index contributed by atoms with van der Waals surface area (Å²) in [7, 11) is 2.18. The van der Waals surface area contributed by atoms with Gasteiger partial charge in [0.15, 0.2) is 0 Å². The van der Waals surface area contributed by atoms with Crippen molar-refractivity contribution in [1.29, 1.82) is 0 Å². The minimum Gasteiger partial charge on any atom is -0.393 e. The first kappa shape index (κ1) is 13.0. The summed E-state index contributed by atoms with van der Waals surface area (Å²) in [5.74, 6) is 1.31. The van der Waals surface area contributed by atoms with Gasteiger partial charge in [-0.15, -0.1) is 0 Å². The van der Waals surface area contributed by atoms with Gasteiger partial charge in [-0.2, -0.15) is 0 Å². The molecule has 15 heavy (non-hydrogen) atoms. The van der Waals surface area contributed by atoms with E-state index >= 15 is 0 Å². The third kappa shape index (κ3) is 4.52. The monoisotopic (exact) mass is 213 g/mol. The minimum absolute atomic E-state index is 0.0507. The van der Waals surface area contributed by atoms with Gasteiger partial charge in [-0.05, 0) is 51.1 Å². The van der Waals surface area contributed by atoms with Gasteiger partial charge in [-0.25, -0.2) is 0 Å². The molecule has 1 fully saturated rings. The molecule has 0 bridgehead atoms. The van der Waals surface area contributed by atoms with Gasteiger partial charge in [0.25, 0.3) is 0 Å². The van der Waals surface area contributed by atoms with E-state index in [0.717, 1.165) is 18.9 Å². The highest BCUT2D eigenvalue weighted by molar-refractivity contribution is 4.79. The summed E-state index contributed by atoms with van der Waals surface area (Å²) < 4.78 is 0. The van der Waals surface area contributed by atoms with Crippen LogP contribution < -0.4 is 0 Å². The molecule has 0 saturated heterocycles. The Hall–Kier alpha value is -0.0800. The number of hydrogen-bond acceptors (Lipinski definition) is 2. The van der Waals surface area contributed by atoms with E-state index in [1.165, 1.54) is 32.2 Å². The fraction of sp³-hybridized carbons (Fsp3) is 1.00. The number of hydrogen-bond donors (Lipinski definition) is 1. The van der Waals surface area contributed by atoms with Crippen molar-refractivity contribution in [3.63, 3.8) is 0 Å². The standard InChI is InChI=1S/C13H27NO/c1-4-5-8-14(3)10-12-9-11(2)6-7-13(12)15/h11-13,15H,4-10H2,1-3H3. The van der Waals surface area contributed by atoms with Crippen LogP contribution in [0.15, 0.2) is 0 Å². The summed E-state index contributed by atoms with van der Waals surface area (Å²) in [5, 5.41) is 9.93. The van der Waals surface area contributed by atoms with Crippen LogP contribution in [0.5, 0.6) is 0 Å². The van der Waals surface area contributed by atoms with Gasteiger partial charge in [0.1, 0.15) is 0 Å². The van der Waals surface area contributed by atoms with Crippen LogP contribution in [0, 0.1) is 11.8 Å². The molecular weight excluding hydrogens is 186 g/mol. The third-order valence-corrected chi connectivity index (χ3v) is 3.64. The quantitative estimate of drug-likeness (QED) is 0.758. The number of nitrogens with zero attached hydrogens (tertiary/aromatic N) is 1. The van der Waals surface area contributed by atoms with Crippen molar-refractivity contribution in [3.8, 4) is 0 Å². The lowest BCUT2D eigenvalue weighted by atomic mass is 9.80. The van der Waals surface area contributed by atoms with Gasteiger partial charge in [0, 0.05) is 6.54 Å². The Balaban J connectivity index is 2.28. The normalized spacial score (nSPS) is 32.2. The molecule has 0 aliphatic heterocycles. The van der Waals surface area contributed by atoms with Crippen molar-refractivity contribution in [2.24, 2.45) is 11.8 Å². The van der Waals surface area contributed by atoms with Crippen molar-refractivity contribution >= 4 is 0 Å². The molecule has 0 aromatic rings. The molecule has 1 aliphatic carbocycles. The molecule has 1 N–H and O–H groups in total. The molecule has 90 valence electrons. The van der Waals surface area contributed by atoms with Gasteiger partial charge in [-0.3, -0.25) is 0 Å². The summed E-state index contributed by atoms with van der Waals surface area (Å²) in [6, 6.07) is 0. The van der Waals surface area contributed by atoms with Crippen molar-refractivity contribution in [2.75, 3.05) is 20.1 Å². The maximum absolute atomic E-state index is 9.93. The second kappa shape index (κ2) is 6.49.